The highest BCUT2D eigenvalue weighted by Gasteiger charge is 2.18. The molecule has 1 amide bonds. The Hall–Kier alpha value is -2.10. The van der Waals surface area contributed by atoms with E-state index in [-0.39, 0.29) is 30.1 Å². The number of nitrogens with one attached hydrogen (secondary N) is 1. The van der Waals surface area contributed by atoms with Gasteiger partial charge in [-0.15, -0.1) is 0 Å². The maximum absolute atomic E-state index is 13.8. The van der Waals surface area contributed by atoms with Crippen molar-refractivity contribution < 1.29 is 26.4 Å². The normalized spacial score (nSPS) is 11.4. The first-order chi connectivity index (χ1) is 12.6. The molecule has 0 atom stereocenters. The Morgan fingerprint density at radius 3 is 2.44 bits per heavy atom. The van der Waals surface area contributed by atoms with E-state index in [4.69, 9.17) is 11.6 Å². The summed E-state index contributed by atoms with van der Waals surface area (Å²) in [4.78, 5) is 12.9. The average Bonchev–Trinajstić information content (AvgIpc) is 2.60. The van der Waals surface area contributed by atoms with E-state index in [9.17, 15) is 26.4 Å². The smallest absolute Gasteiger partial charge is 0.240 e. The van der Waals surface area contributed by atoms with Crippen molar-refractivity contribution >= 4 is 27.5 Å². The van der Waals surface area contributed by atoms with Crippen LogP contribution in [0, 0.1) is 17.5 Å². The van der Waals surface area contributed by atoms with Crippen LogP contribution in [0.5, 0.6) is 0 Å². The molecule has 0 fully saturated rings. The van der Waals surface area contributed by atoms with Gasteiger partial charge in [0.1, 0.15) is 5.82 Å². The lowest BCUT2D eigenvalue weighted by Gasteiger charge is -2.18. The Kier molecular flexibility index (Phi) is 6.85. The fraction of sp³-hybridized carbons (Fsp3) is 0.235. The number of halogens is 4. The molecular weight excluding hydrogens is 405 g/mol. The first-order valence-electron chi connectivity index (χ1n) is 7.73. The monoisotopic (exact) mass is 420 g/mol. The van der Waals surface area contributed by atoms with Gasteiger partial charge >= 0.3 is 0 Å². The number of sulfonamides is 1. The minimum Gasteiger partial charge on any atom is -0.341 e. The van der Waals surface area contributed by atoms with E-state index in [1.807, 2.05) is 0 Å². The van der Waals surface area contributed by atoms with Crippen molar-refractivity contribution in [1.29, 1.82) is 0 Å². The van der Waals surface area contributed by atoms with Gasteiger partial charge in [-0.3, -0.25) is 4.79 Å². The van der Waals surface area contributed by atoms with Crippen LogP contribution in [0.2, 0.25) is 5.02 Å². The maximum Gasteiger partial charge on any atom is 0.240 e. The van der Waals surface area contributed by atoms with Gasteiger partial charge in [-0.1, -0.05) is 17.7 Å². The molecule has 0 spiro atoms. The zero-order chi connectivity index (χ0) is 20.2. The molecular formula is C17H16ClF3N2O3S. The van der Waals surface area contributed by atoms with Crippen molar-refractivity contribution in [1.82, 2.24) is 9.62 Å². The minimum atomic E-state index is -4.10. The quantitative estimate of drug-likeness (QED) is 0.748. The highest BCUT2D eigenvalue weighted by atomic mass is 35.5. The number of benzene rings is 2. The molecule has 0 unspecified atom stereocenters. The molecule has 27 heavy (non-hydrogen) atoms. The van der Waals surface area contributed by atoms with E-state index in [1.54, 1.807) is 0 Å². The van der Waals surface area contributed by atoms with Crippen molar-refractivity contribution in [3.8, 4) is 0 Å². The fourth-order valence-corrected chi connectivity index (χ4v) is 3.49. The second-order valence-electron chi connectivity index (χ2n) is 5.67. The molecule has 5 nitrogen and oxygen atoms in total. The summed E-state index contributed by atoms with van der Waals surface area (Å²) < 4.78 is 66.0. The van der Waals surface area contributed by atoms with E-state index in [1.165, 1.54) is 30.1 Å². The summed E-state index contributed by atoms with van der Waals surface area (Å²) in [6, 6.07) is 6.31. The lowest BCUT2D eigenvalue weighted by molar-refractivity contribution is -0.130. The number of nitrogens with zero attached hydrogens (tertiary/aromatic N) is 1. The molecule has 0 aliphatic rings. The van der Waals surface area contributed by atoms with E-state index in [0.29, 0.717) is 12.1 Å². The standard InChI is InChI=1S/C17H16ClF3N2O3S/c1-23(10-12-13(18)3-2-4-14(12)19)17(24)7-8-22-27(25,26)11-5-6-15(20)16(21)9-11/h2-6,9,22H,7-8,10H2,1H3. The zero-order valence-corrected chi connectivity index (χ0v) is 15.7. The molecule has 2 aromatic rings. The lowest BCUT2D eigenvalue weighted by Crippen LogP contribution is -2.32. The molecule has 0 bridgehead atoms. The highest BCUT2D eigenvalue weighted by Crippen LogP contribution is 2.20. The summed E-state index contributed by atoms with van der Waals surface area (Å²) in [6.45, 7) is -0.351. The van der Waals surface area contributed by atoms with E-state index in [2.05, 4.69) is 4.72 Å². The van der Waals surface area contributed by atoms with Crippen molar-refractivity contribution in [2.45, 2.75) is 17.9 Å². The molecule has 0 aliphatic carbocycles. The number of carbonyl (C=O) groups excluding carboxylic acids is 1. The molecule has 1 N–H and O–H groups in total. The maximum atomic E-state index is 13.8. The summed E-state index contributed by atoms with van der Waals surface area (Å²) >= 11 is 5.91. The predicted octanol–water partition coefficient (Wildman–Crippen LogP) is 3.08. The Labute approximate surface area is 159 Å². The van der Waals surface area contributed by atoms with Gasteiger partial charge in [-0.05, 0) is 30.3 Å². The van der Waals surface area contributed by atoms with Gasteiger partial charge in [0.15, 0.2) is 11.6 Å². The Morgan fingerprint density at radius 1 is 1.11 bits per heavy atom. The Balaban J connectivity index is 1.94. The van der Waals surface area contributed by atoms with E-state index in [0.717, 1.165) is 6.07 Å². The third-order valence-corrected chi connectivity index (χ3v) is 5.53. The molecule has 0 radical (unpaired) electrons. The van der Waals surface area contributed by atoms with Crippen molar-refractivity contribution in [3.05, 3.63) is 64.4 Å². The Morgan fingerprint density at radius 2 is 1.81 bits per heavy atom. The first-order valence-corrected chi connectivity index (χ1v) is 9.59. The number of hydrogen-bond acceptors (Lipinski definition) is 3. The van der Waals surface area contributed by atoms with E-state index < -0.39 is 38.3 Å². The molecule has 0 heterocycles. The third-order valence-electron chi connectivity index (χ3n) is 3.72. The molecule has 2 rings (SSSR count). The largest absolute Gasteiger partial charge is 0.341 e. The van der Waals surface area contributed by atoms with Gasteiger partial charge in [0.25, 0.3) is 0 Å². The van der Waals surface area contributed by atoms with Gasteiger partial charge in [0, 0.05) is 37.1 Å². The average molecular weight is 421 g/mol. The zero-order valence-electron chi connectivity index (χ0n) is 14.2. The summed E-state index contributed by atoms with van der Waals surface area (Å²) in [5.41, 5.74) is 0.150. The van der Waals surface area contributed by atoms with Crippen LogP contribution in [0.4, 0.5) is 13.2 Å². The van der Waals surface area contributed by atoms with Crippen LogP contribution >= 0.6 is 11.6 Å². The second-order valence-corrected chi connectivity index (χ2v) is 7.85. The molecule has 0 saturated carbocycles. The summed E-state index contributed by atoms with van der Waals surface area (Å²) in [5.74, 6) is -3.48. The second kappa shape index (κ2) is 8.73. The van der Waals surface area contributed by atoms with Crippen LogP contribution < -0.4 is 4.72 Å². The van der Waals surface area contributed by atoms with Crippen LogP contribution in [0.25, 0.3) is 0 Å². The summed E-state index contributed by atoms with van der Waals surface area (Å²) in [5, 5.41) is 0.175. The summed E-state index contributed by atoms with van der Waals surface area (Å²) in [7, 11) is -2.68. The molecule has 146 valence electrons. The minimum absolute atomic E-state index is 0.0831. The van der Waals surface area contributed by atoms with Gasteiger partial charge in [0.2, 0.25) is 15.9 Å². The molecule has 0 aromatic heterocycles. The van der Waals surface area contributed by atoms with Crippen LogP contribution in [-0.2, 0) is 21.4 Å². The number of rotatable bonds is 7. The van der Waals surface area contributed by atoms with Crippen LogP contribution in [0.1, 0.15) is 12.0 Å². The SMILES string of the molecule is CN(Cc1c(F)cccc1Cl)C(=O)CCNS(=O)(=O)c1ccc(F)c(F)c1. The predicted molar refractivity (Wildman–Crippen MR) is 94.0 cm³/mol. The van der Waals surface area contributed by atoms with Crippen molar-refractivity contribution in [2.75, 3.05) is 13.6 Å². The van der Waals surface area contributed by atoms with Crippen molar-refractivity contribution in [2.24, 2.45) is 0 Å². The van der Waals surface area contributed by atoms with Gasteiger partial charge in [-0.25, -0.2) is 26.3 Å². The van der Waals surface area contributed by atoms with E-state index >= 15 is 0 Å². The lowest BCUT2D eigenvalue weighted by atomic mass is 10.2. The Bertz CT molecular complexity index is 934. The number of carbonyl (C=O) groups is 1. The van der Waals surface area contributed by atoms with Crippen molar-refractivity contribution in [3.63, 3.8) is 0 Å². The van der Waals surface area contributed by atoms with Gasteiger partial charge in [0.05, 0.1) is 4.90 Å². The summed E-state index contributed by atoms with van der Waals surface area (Å²) in [6.07, 6.45) is -0.217. The number of hydrogen-bond donors (Lipinski definition) is 1. The first kappa shape index (κ1) is 21.2. The van der Waals surface area contributed by atoms with Gasteiger partial charge in [-0.2, -0.15) is 0 Å². The highest BCUT2D eigenvalue weighted by molar-refractivity contribution is 7.89. The molecule has 0 aliphatic heterocycles. The molecule has 10 heteroatoms. The topological polar surface area (TPSA) is 66.5 Å². The van der Waals surface area contributed by atoms with Gasteiger partial charge < -0.3 is 4.90 Å². The van der Waals surface area contributed by atoms with Crippen LogP contribution in [0.15, 0.2) is 41.3 Å². The third kappa shape index (κ3) is 5.44. The molecule has 0 saturated heterocycles. The fourth-order valence-electron chi connectivity index (χ4n) is 2.22. The molecule has 2 aromatic carbocycles. The van der Waals surface area contributed by atoms with Crippen LogP contribution in [-0.4, -0.2) is 32.8 Å². The number of amides is 1. The van der Waals surface area contributed by atoms with Crippen LogP contribution in [0.3, 0.4) is 0 Å².